The Bertz CT molecular complexity index is 963. The minimum Gasteiger partial charge on any atom is -0.497 e. The van der Waals surface area contributed by atoms with E-state index in [0.29, 0.717) is 30.7 Å². The Balaban J connectivity index is 1.60. The van der Waals surface area contributed by atoms with E-state index in [4.69, 9.17) is 18.9 Å². The Morgan fingerprint density at radius 3 is 2.60 bits per heavy atom. The van der Waals surface area contributed by atoms with E-state index in [1.54, 1.807) is 19.1 Å². The number of hydrogen-bond donors (Lipinski definition) is 1. The quantitative estimate of drug-likeness (QED) is 0.573. The lowest BCUT2D eigenvalue weighted by atomic mass is 10.3. The van der Waals surface area contributed by atoms with Crippen LogP contribution in [0.1, 0.15) is 5.82 Å². The Labute approximate surface area is 176 Å². The molecule has 1 aliphatic heterocycles. The summed E-state index contributed by atoms with van der Waals surface area (Å²) in [4.78, 5) is 10.8. The summed E-state index contributed by atoms with van der Waals surface area (Å²) in [6, 6.07) is 6.26. The number of rotatable bonds is 9. The highest BCUT2D eigenvalue weighted by atomic mass is 32.2. The van der Waals surface area contributed by atoms with Crippen LogP contribution in [-0.2, 0) is 14.8 Å². The zero-order valence-corrected chi connectivity index (χ0v) is 18.1. The van der Waals surface area contributed by atoms with Gasteiger partial charge in [0.2, 0.25) is 15.9 Å². The molecule has 0 unspecified atom stereocenters. The molecule has 1 fully saturated rings. The van der Waals surface area contributed by atoms with Gasteiger partial charge in [-0.25, -0.2) is 18.1 Å². The summed E-state index contributed by atoms with van der Waals surface area (Å²) >= 11 is 0. The van der Waals surface area contributed by atoms with Crippen molar-refractivity contribution in [3.05, 3.63) is 30.1 Å². The van der Waals surface area contributed by atoms with Crippen LogP contribution in [0.3, 0.4) is 0 Å². The lowest BCUT2D eigenvalue weighted by Crippen LogP contribution is -2.37. The fraction of sp³-hybridized carbons (Fsp3) is 0.474. The van der Waals surface area contributed by atoms with Gasteiger partial charge in [0.15, 0.2) is 0 Å². The van der Waals surface area contributed by atoms with Crippen LogP contribution in [0.5, 0.6) is 17.4 Å². The Morgan fingerprint density at radius 2 is 1.90 bits per heavy atom. The van der Waals surface area contributed by atoms with Gasteiger partial charge < -0.3 is 23.8 Å². The van der Waals surface area contributed by atoms with Crippen molar-refractivity contribution in [2.45, 2.75) is 11.8 Å². The molecule has 0 amide bonds. The molecule has 0 bridgehead atoms. The smallest absolute Gasteiger partial charge is 0.244 e. The van der Waals surface area contributed by atoms with E-state index in [1.165, 1.54) is 26.4 Å². The van der Waals surface area contributed by atoms with Crippen molar-refractivity contribution in [2.75, 3.05) is 58.6 Å². The molecule has 1 aromatic heterocycles. The Hall–Kier alpha value is -2.63. The van der Waals surface area contributed by atoms with E-state index in [9.17, 15) is 8.42 Å². The summed E-state index contributed by atoms with van der Waals surface area (Å²) < 4.78 is 49.0. The molecule has 11 heteroatoms. The average molecular weight is 439 g/mol. The molecule has 2 aromatic rings. The van der Waals surface area contributed by atoms with Crippen LogP contribution in [0.2, 0.25) is 0 Å². The first-order chi connectivity index (χ1) is 14.4. The maximum atomic E-state index is 12.6. The number of methoxy groups -OCH3 is 2. The molecule has 0 saturated carbocycles. The number of nitrogens with one attached hydrogen (secondary N) is 1. The van der Waals surface area contributed by atoms with Crippen molar-refractivity contribution in [3.8, 4) is 17.4 Å². The van der Waals surface area contributed by atoms with Gasteiger partial charge in [-0.05, 0) is 19.1 Å². The number of nitrogens with zero attached hydrogens (tertiary/aromatic N) is 3. The summed E-state index contributed by atoms with van der Waals surface area (Å²) in [5, 5.41) is 0. The van der Waals surface area contributed by atoms with Crippen molar-refractivity contribution in [3.63, 3.8) is 0 Å². The molecule has 30 heavy (non-hydrogen) atoms. The molecule has 10 nitrogen and oxygen atoms in total. The number of ether oxygens (including phenoxy) is 4. The maximum Gasteiger partial charge on any atom is 0.244 e. The number of aromatic nitrogens is 2. The van der Waals surface area contributed by atoms with Crippen LogP contribution in [0.25, 0.3) is 0 Å². The molecular formula is C19H26N4O6S. The first kappa shape index (κ1) is 22.1. The van der Waals surface area contributed by atoms with E-state index < -0.39 is 10.0 Å². The van der Waals surface area contributed by atoms with Crippen molar-refractivity contribution < 1.29 is 27.4 Å². The summed E-state index contributed by atoms with van der Waals surface area (Å²) in [6.07, 6.45) is 0. The second-order valence-corrected chi connectivity index (χ2v) is 8.21. The molecule has 0 aliphatic carbocycles. The number of aryl methyl sites for hydroxylation is 1. The molecule has 1 aromatic carbocycles. The molecule has 0 atom stereocenters. The second kappa shape index (κ2) is 9.92. The largest absolute Gasteiger partial charge is 0.497 e. The molecule has 2 heterocycles. The second-order valence-electron chi connectivity index (χ2n) is 6.47. The van der Waals surface area contributed by atoms with E-state index in [2.05, 4.69) is 19.6 Å². The number of hydrogen-bond acceptors (Lipinski definition) is 9. The monoisotopic (exact) mass is 438 g/mol. The molecule has 1 saturated heterocycles. The summed E-state index contributed by atoms with van der Waals surface area (Å²) in [5.41, 5.74) is 0. The third-order valence-corrected chi connectivity index (χ3v) is 5.94. The number of anilines is 1. The standard InChI is InChI=1S/C19H26N4O6S/c1-14-21-18(23-7-10-28-11-8-23)13-19(22-14)29-9-6-20-30(24,25)17-5-4-15(26-2)12-16(17)27-3/h4-5,12-13,20H,6-11H2,1-3H3. The average Bonchev–Trinajstić information content (AvgIpc) is 2.76. The van der Waals surface area contributed by atoms with Crippen LogP contribution in [0.4, 0.5) is 5.82 Å². The van der Waals surface area contributed by atoms with Crippen LogP contribution in [-0.4, -0.2) is 72.1 Å². The highest BCUT2D eigenvalue weighted by Gasteiger charge is 2.20. The third kappa shape index (κ3) is 5.49. The van der Waals surface area contributed by atoms with E-state index >= 15 is 0 Å². The fourth-order valence-electron chi connectivity index (χ4n) is 2.96. The maximum absolute atomic E-state index is 12.6. The fourth-order valence-corrected chi connectivity index (χ4v) is 4.12. The van der Waals surface area contributed by atoms with Gasteiger partial charge in [-0.3, -0.25) is 0 Å². The van der Waals surface area contributed by atoms with Crippen molar-refractivity contribution >= 4 is 15.8 Å². The predicted molar refractivity (Wildman–Crippen MR) is 110 cm³/mol. The molecular weight excluding hydrogens is 412 g/mol. The van der Waals surface area contributed by atoms with Gasteiger partial charge in [0.1, 0.15) is 34.6 Å². The highest BCUT2D eigenvalue weighted by molar-refractivity contribution is 7.89. The van der Waals surface area contributed by atoms with Crippen molar-refractivity contribution in [1.29, 1.82) is 0 Å². The van der Waals surface area contributed by atoms with Gasteiger partial charge in [-0.1, -0.05) is 0 Å². The normalized spacial score (nSPS) is 14.4. The molecule has 164 valence electrons. The lowest BCUT2D eigenvalue weighted by molar-refractivity contribution is 0.122. The van der Waals surface area contributed by atoms with Crippen LogP contribution < -0.4 is 23.8 Å². The minimum atomic E-state index is -3.78. The topological polar surface area (TPSA) is 112 Å². The zero-order chi connectivity index (χ0) is 21.6. The van der Waals surface area contributed by atoms with Crippen molar-refractivity contribution in [2.24, 2.45) is 0 Å². The van der Waals surface area contributed by atoms with Gasteiger partial charge >= 0.3 is 0 Å². The van der Waals surface area contributed by atoms with Gasteiger partial charge in [0.05, 0.1) is 27.4 Å². The Kier molecular flexibility index (Phi) is 7.29. The van der Waals surface area contributed by atoms with Crippen molar-refractivity contribution in [1.82, 2.24) is 14.7 Å². The van der Waals surface area contributed by atoms with E-state index in [1.807, 2.05) is 0 Å². The van der Waals surface area contributed by atoms with E-state index in [0.717, 1.165) is 18.9 Å². The van der Waals surface area contributed by atoms with Gasteiger partial charge in [-0.2, -0.15) is 4.98 Å². The Morgan fingerprint density at radius 1 is 1.13 bits per heavy atom. The number of benzene rings is 1. The van der Waals surface area contributed by atoms with E-state index in [-0.39, 0.29) is 23.8 Å². The first-order valence-corrected chi connectivity index (χ1v) is 10.9. The molecule has 0 radical (unpaired) electrons. The zero-order valence-electron chi connectivity index (χ0n) is 17.3. The molecule has 3 rings (SSSR count). The highest BCUT2D eigenvalue weighted by Crippen LogP contribution is 2.28. The summed E-state index contributed by atoms with van der Waals surface area (Å²) in [5.74, 6) is 2.45. The molecule has 1 aliphatic rings. The van der Waals surface area contributed by atoms with Crippen LogP contribution in [0.15, 0.2) is 29.2 Å². The van der Waals surface area contributed by atoms with Gasteiger partial charge in [0.25, 0.3) is 0 Å². The van der Waals surface area contributed by atoms with Gasteiger partial charge in [0, 0.05) is 31.8 Å². The first-order valence-electron chi connectivity index (χ1n) is 9.46. The third-order valence-electron chi connectivity index (χ3n) is 4.44. The van der Waals surface area contributed by atoms with Crippen LogP contribution in [0, 0.1) is 6.92 Å². The van der Waals surface area contributed by atoms with Gasteiger partial charge in [-0.15, -0.1) is 0 Å². The predicted octanol–water partition coefficient (Wildman–Crippen LogP) is 0.996. The summed E-state index contributed by atoms with van der Waals surface area (Å²) in [7, 11) is -0.880. The van der Waals surface area contributed by atoms with Crippen LogP contribution >= 0.6 is 0 Å². The molecule has 0 spiro atoms. The summed E-state index contributed by atoms with van der Waals surface area (Å²) in [6.45, 7) is 4.75. The lowest BCUT2D eigenvalue weighted by Gasteiger charge is -2.28. The SMILES string of the molecule is COc1ccc(S(=O)(=O)NCCOc2cc(N3CCOCC3)nc(C)n2)c(OC)c1. The minimum absolute atomic E-state index is 0.0262. The number of sulfonamides is 1. The molecule has 1 N–H and O–H groups in total. The number of morpholine rings is 1.